The summed E-state index contributed by atoms with van der Waals surface area (Å²) >= 11 is 0. The van der Waals surface area contributed by atoms with Crippen molar-refractivity contribution in [2.45, 2.75) is 13.3 Å². The van der Waals surface area contributed by atoms with Crippen molar-refractivity contribution in [3.63, 3.8) is 0 Å². The lowest BCUT2D eigenvalue weighted by Crippen LogP contribution is -2.00. The van der Waals surface area contributed by atoms with E-state index in [2.05, 4.69) is 6.92 Å². The van der Waals surface area contributed by atoms with E-state index in [1.165, 1.54) is 21.3 Å². The van der Waals surface area contributed by atoms with Gasteiger partial charge in [0.2, 0.25) is 5.75 Å². The van der Waals surface area contributed by atoms with Gasteiger partial charge in [0.15, 0.2) is 11.5 Å². The number of aryl methyl sites for hydroxylation is 1. The number of hydrogen-bond donors (Lipinski definition) is 1. The molecule has 5 heteroatoms. The number of benzene rings is 2. The first-order valence-corrected chi connectivity index (χ1v) is 7.88. The van der Waals surface area contributed by atoms with Gasteiger partial charge in [-0.05, 0) is 41.3 Å². The predicted molar refractivity (Wildman–Crippen MR) is 97.4 cm³/mol. The highest BCUT2D eigenvalue weighted by Crippen LogP contribution is 2.39. The average Bonchev–Trinajstić information content (AvgIpc) is 2.64. The van der Waals surface area contributed by atoms with Crippen molar-refractivity contribution in [1.29, 1.82) is 0 Å². The van der Waals surface area contributed by atoms with E-state index in [4.69, 9.17) is 14.2 Å². The molecular formula is C20H22O5. The van der Waals surface area contributed by atoms with Crippen LogP contribution in [-0.4, -0.2) is 32.4 Å². The van der Waals surface area contributed by atoms with E-state index >= 15 is 0 Å². The van der Waals surface area contributed by atoms with Crippen LogP contribution in [-0.2, 0) is 11.2 Å². The Balaban J connectivity index is 2.54. The Bertz CT molecular complexity index is 750. The number of hydrogen-bond acceptors (Lipinski definition) is 4. The predicted octanol–water partition coefficient (Wildman–Crippen LogP) is 3.90. The summed E-state index contributed by atoms with van der Waals surface area (Å²) in [4.78, 5) is 11.7. The second-order valence-electron chi connectivity index (χ2n) is 5.37. The van der Waals surface area contributed by atoms with Gasteiger partial charge in [-0.3, -0.25) is 0 Å². The summed E-state index contributed by atoms with van der Waals surface area (Å²) < 4.78 is 15.9. The Morgan fingerprint density at radius 1 is 1.00 bits per heavy atom. The standard InChI is InChI=1S/C20H22O5/c1-5-13-6-8-15(9-7-13)16(20(21)22)10-14-11-17(23-2)19(25-4)18(12-14)24-3/h6-12H,5H2,1-4H3,(H,21,22)/b16-10-. The van der Waals surface area contributed by atoms with Crippen LogP contribution in [0.5, 0.6) is 17.2 Å². The van der Waals surface area contributed by atoms with Crippen molar-refractivity contribution in [2.75, 3.05) is 21.3 Å². The summed E-state index contributed by atoms with van der Waals surface area (Å²) in [5.41, 5.74) is 2.63. The number of carboxylic acids is 1. The summed E-state index contributed by atoms with van der Waals surface area (Å²) in [5, 5.41) is 9.61. The molecule has 0 atom stereocenters. The molecule has 0 bridgehead atoms. The largest absolute Gasteiger partial charge is 0.493 e. The minimum Gasteiger partial charge on any atom is -0.493 e. The van der Waals surface area contributed by atoms with Gasteiger partial charge in [0.25, 0.3) is 0 Å². The van der Waals surface area contributed by atoms with Gasteiger partial charge in [-0.15, -0.1) is 0 Å². The fourth-order valence-corrected chi connectivity index (χ4v) is 2.54. The first-order chi connectivity index (χ1) is 12.0. The molecule has 0 spiro atoms. The zero-order valence-electron chi connectivity index (χ0n) is 14.8. The van der Waals surface area contributed by atoms with Crippen LogP contribution in [0.2, 0.25) is 0 Å². The molecule has 0 aliphatic heterocycles. The van der Waals surface area contributed by atoms with Gasteiger partial charge in [-0.25, -0.2) is 4.79 Å². The quantitative estimate of drug-likeness (QED) is 0.611. The van der Waals surface area contributed by atoms with E-state index in [0.717, 1.165) is 12.0 Å². The van der Waals surface area contributed by atoms with Crippen LogP contribution in [0.1, 0.15) is 23.6 Å². The summed E-state index contributed by atoms with van der Waals surface area (Å²) in [6.45, 7) is 2.05. The number of rotatable bonds is 7. The van der Waals surface area contributed by atoms with E-state index in [9.17, 15) is 9.90 Å². The van der Waals surface area contributed by atoms with Crippen molar-refractivity contribution in [2.24, 2.45) is 0 Å². The van der Waals surface area contributed by atoms with Crippen LogP contribution in [0.15, 0.2) is 36.4 Å². The molecule has 1 N–H and O–H groups in total. The van der Waals surface area contributed by atoms with Crippen LogP contribution in [0.3, 0.4) is 0 Å². The molecule has 0 amide bonds. The molecule has 0 aliphatic rings. The maximum atomic E-state index is 11.7. The van der Waals surface area contributed by atoms with Crippen LogP contribution >= 0.6 is 0 Å². The highest BCUT2D eigenvalue weighted by molar-refractivity contribution is 6.20. The van der Waals surface area contributed by atoms with Crippen molar-refractivity contribution in [1.82, 2.24) is 0 Å². The van der Waals surface area contributed by atoms with Gasteiger partial charge in [0, 0.05) is 0 Å². The number of carbonyl (C=O) groups is 1. The first kappa shape index (κ1) is 18.4. The van der Waals surface area contributed by atoms with Gasteiger partial charge in [0.05, 0.1) is 26.9 Å². The molecule has 0 saturated carbocycles. The monoisotopic (exact) mass is 342 g/mol. The molecular weight excluding hydrogens is 320 g/mol. The lowest BCUT2D eigenvalue weighted by molar-refractivity contribution is -0.130. The molecule has 0 heterocycles. The Morgan fingerprint density at radius 2 is 1.56 bits per heavy atom. The van der Waals surface area contributed by atoms with Gasteiger partial charge >= 0.3 is 5.97 Å². The zero-order valence-corrected chi connectivity index (χ0v) is 14.8. The van der Waals surface area contributed by atoms with Crippen LogP contribution in [0.25, 0.3) is 11.6 Å². The molecule has 2 rings (SSSR count). The number of carboxylic acid groups (broad SMARTS) is 1. The van der Waals surface area contributed by atoms with Gasteiger partial charge in [-0.2, -0.15) is 0 Å². The molecule has 0 saturated heterocycles. The summed E-state index contributed by atoms with van der Waals surface area (Å²) in [6.07, 6.45) is 2.49. The van der Waals surface area contributed by atoms with Crippen LogP contribution in [0.4, 0.5) is 0 Å². The number of aliphatic carboxylic acids is 1. The van der Waals surface area contributed by atoms with Crippen molar-refractivity contribution in [3.05, 3.63) is 53.1 Å². The fourth-order valence-electron chi connectivity index (χ4n) is 2.54. The smallest absolute Gasteiger partial charge is 0.336 e. The molecule has 2 aromatic carbocycles. The van der Waals surface area contributed by atoms with Gasteiger partial charge in [0.1, 0.15) is 0 Å². The number of ether oxygens (including phenoxy) is 3. The van der Waals surface area contributed by atoms with E-state index < -0.39 is 5.97 Å². The van der Waals surface area contributed by atoms with Crippen LogP contribution < -0.4 is 14.2 Å². The average molecular weight is 342 g/mol. The maximum absolute atomic E-state index is 11.7. The highest BCUT2D eigenvalue weighted by Gasteiger charge is 2.15. The van der Waals surface area contributed by atoms with Gasteiger partial charge < -0.3 is 19.3 Å². The zero-order chi connectivity index (χ0) is 18.4. The van der Waals surface area contributed by atoms with Crippen LogP contribution in [0, 0.1) is 0 Å². The SMILES string of the molecule is CCc1ccc(/C(=C/c2cc(OC)c(OC)c(OC)c2)C(=O)O)cc1. The summed E-state index contributed by atoms with van der Waals surface area (Å²) in [7, 11) is 4.56. The molecule has 0 radical (unpaired) electrons. The molecule has 5 nitrogen and oxygen atoms in total. The Kier molecular flexibility index (Phi) is 6.06. The van der Waals surface area contributed by atoms with E-state index in [-0.39, 0.29) is 5.57 Å². The first-order valence-electron chi connectivity index (χ1n) is 7.88. The summed E-state index contributed by atoms with van der Waals surface area (Å²) in [5.74, 6) is 0.405. The fraction of sp³-hybridized carbons (Fsp3) is 0.250. The molecule has 0 fully saturated rings. The highest BCUT2D eigenvalue weighted by atomic mass is 16.5. The van der Waals surface area contributed by atoms with E-state index in [0.29, 0.717) is 28.4 Å². The normalized spacial score (nSPS) is 11.1. The third kappa shape index (κ3) is 4.12. The van der Waals surface area contributed by atoms with E-state index in [1.54, 1.807) is 18.2 Å². The Morgan fingerprint density at radius 3 is 1.96 bits per heavy atom. The lowest BCUT2D eigenvalue weighted by Gasteiger charge is -2.13. The molecule has 0 aromatic heterocycles. The van der Waals surface area contributed by atoms with E-state index in [1.807, 2.05) is 24.3 Å². The Labute approximate surface area is 147 Å². The second-order valence-corrected chi connectivity index (χ2v) is 5.37. The van der Waals surface area contributed by atoms with Crippen molar-refractivity contribution in [3.8, 4) is 17.2 Å². The van der Waals surface area contributed by atoms with Gasteiger partial charge in [-0.1, -0.05) is 31.2 Å². The molecule has 132 valence electrons. The minimum atomic E-state index is -1.00. The molecule has 0 aliphatic carbocycles. The third-order valence-corrected chi connectivity index (χ3v) is 3.90. The van der Waals surface area contributed by atoms with Crippen molar-refractivity contribution < 1.29 is 24.1 Å². The third-order valence-electron chi connectivity index (χ3n) is 3.90. The lowest BCUT2D eigenvalue weighted by atomic mass is 10.0. The molecule has 0 unspecified atom stereocenters. The van der Waals surface area contributed by atoms with Crippen molar-refractivity contribution >= 4 is 17.6 Å². The molecule has 2 aromatic rings. The molecule has 25 heavy (non-hydrogen) atoms. The maximum Gasteiger partial charge on any atom is 0.336 e. The Hall–Kier alpha value is -2.95. The second kappa shape index (κ2) is 8.24. The number of methoxy groups -OCH3 is 3. The summed E-state index contributed by atoms with van der Waals surface area (Å²) in [6, 6.07) is 10.9. The topological polar surface area (TPSA) is 65.0 Å². The minimum absolute atomic E-state index is 0.192.